The Labute approximate surface area is 126 Å². The van der Waals surface area contributed by atoms with Crippen molar-refractivity contribution < 1.29 is 0 Å². The number of nitrogens with zero attached hydrogens (tertiary/aromatic N) is 1. The van der Waals surface area contributed by atoms with Crippen molar-refractivity contribution in [2.75, 3.05) is 0 Å². The Balaban J connectivity index is 0.000000704. The molecule has 0 aliphatic heterocycles. The van der Waals surface area contributed by atoms with E-state index >= 15 is 0 Å². The summed E-state index contributed by atoms with van der Waals surface area (Å²) in [4.78, 5) is 3.29. The Kier molecular flexibility index (Phi) is 4.19. The largest absolute Gasteiger partial charge is 0.330 e. The lowest BCUT2D eigenvalue weighted by Gasteiger charge is -2.29. The standard InChI is InChI=1S/C15H18N2S.C2H6/c1-10-8-9-13(15(10,2)3)17-12-7-5-4-6-11(12)16-14(17)18;1-2/h4-7,9-10H,8H2,1-3H3,(H,16,18);1-2H3. The lowest BCUT2D eigenvalue weighted by atomic mass is 9.81. The maximum atomic E-state index is 5.50. The number of imidazole rings is 1. The number of nitrogens with one attached hydrogen (secondary N) is 1. The molecule has 0 fully saturated rings. The second-order valence-electron chi connectivity index (χ2n) is 5.73. The number of H-pyrrole nitrogens is 1. The second-order valence-corrected chi connectivity index (χ2v) is 6.12. The number of rotatable bonds is 1. The van der Waals surface area contributed by atoms with Crippen LogP contribution in [0.5, 0.6) is 0 Å². The van der Waals surface area contributed by atoms with Gasteiger partial charge < -0.3 is 4.98 Å². The predicted octanol–water partition coefficient (Wildman–Crippen LogP) is 5.63. The molecule has 0 radical (unpaired) electrons. The fourth-order valence-electron chi connectivity index (χ4n) is 2.77. The third kappa shape index (κ3) is 2.24. The Hall–Kier alpha value is -1.35. The maximum Gasteiger partial charge on any atom is 0.182 e. The van der Waals surface area contributed by atoms with Crippen LogP contribution in [0.4, 0.5) is 0 Å². The molecule has 1 aromatic carbocycles. The molecule has 1 unspecified atom stereocenters. The first-order valence-corrected chi connectivity index (χ1v) is 7.83. The molecule has 1 heterocycles. The third-order valence-corrected chi connectivity index (χ3v) is 4.67. The highest BCUT2D eigenvalue weighted by molar-refractivity contribution is 7.71. The normalized spacial score (nSPS) is 20.4. The zero-order valence-corrected chi connectivity index (χ0v) is 13.8. The zero-order valence-electron chi connectivity index (χ0n) is 13.0. The molecule has 2 aromatic rings. The molecular formula is C17H24N2S. The lowest BCUT2D eigenvalue weighted by Crippen LogP contribution is -2.21. The minimum absolute atomic E-state index is 0.170. The van der Waals surface area contributed by atoms with E-state index in [4.69, 9.17) is 12.2 Å². The van der Waals surface area contributed by atoms with Crippen LogP contribution in [0.25, 0.3) is 16.7 Å². The molecule has 2 nitrogen and oxygen atoms in total. The van der Waals surface area contributed by atoms with Crippen LogP contribution in [0.15, 0.2) is 30.3 Å². The van der Waals surface area contributed by atoms with Crippen LogP contribution >= 0.6 is 12.2 Å². The zero-order chi connectivity index (χ0) is 14.9. The lowest BCUT2D eigenvalue weighted by molar-refractivity contribution is 0.338. The van der Waals surface area contributed by atoms with Crippen molar-refractivity contribution >= 4 is 28.9 Å². The summed E-state index contributed by atoms with van der Waals surface area (Å²) in [5, 5.41) is 0. The summed E-state index contributed by atoms with van der Waals surface area (Å²) in [5.41, 5.74) is 3.79. The van der Waals surface area contributed by atoms with E-state index in [1.807, 2.05) is 19.9 Å². The number of benzene rings is 1. The highest BCUT2D eigenvalue weighted by atomic mass is 32.1. The van der Waals surface area contributed by atoms with Gasteiger partial charge in [0.05, 0.1) is 11.0 Å². The summed E-state index contributed by atoms with van der Waals surface area (Å²) in [6.45, 7) is 10.9. The summed E-state index contributed by atoms with van der Waals surface area (Å²) < 4.78 is 3.00. The fraction of sp³-hybridized carbons (Fsp3) is 0.471. The maximum absolute atomic E-state index is 5.50. The second kappa shape index (κ2) is 5.57. The molecule has 1 N–H and O–H groups in total. The van der Waals surface area contributed by atoms with Crippen molar-refractivity contribution in [1.29, 1.82) is 0 Å². The van der Waals surface area contributed by atoms with Crippen LogP contribution in [0.2, 0.25) is 0 Å². The molecule has 0 amide bonds. The van der Waals surface area contributed by atoms with Crippen molar-refractivity contribution in [3.63, 3.8) is 0 Å². The van der Waals surface area contributed by atoms with Gasteiger partial charge in [-0.2, -0.15) is 0 Å². The van der Waals surface area contributed by atoms with E-state index in [1.54, 1.807) is 0 Å². The van der Waals surface area contributed by atoms with Gasteiger partial charge in [0.15, 0.2) is 4.77 Å². The van der Waals surface area contributed by atoms with Crippen LogP contribution in [0.1, 0.15) is 41.0 Å². The van der Waals surface area contributed by atoms with E-state index in [1.165, 1.54) is 11.2 Å². The van der Waals surface area contributed by atoms with Crippen molar-refractivity contribution in [2.24, 2.45) is 11.3 Å². The van der Waals surface area contributed by atoms with E-state index in [0.717, 1.165) is 16.7 Å². The van der Waals surface area contributed by atoms with Gasteiger partial charge in [0.2, 0.25) is 0 Å². The molecule has 1 aliphatic rings. The number of fused-ring (bicyclic) bond motifs is 1. The first kappa shape index (κ1) is 15.0. The van der Waals surface area contributed by atoms with E-state index in [9.17, 15) is 0 Å². The van der Waals surface area contributed by atoms with Crippen molar-refractivity contribution in [2.45, 2.75) is 41.0 Å². The molecule has 0 saturated carbocycles. The van der Waals surface area contributed by atoms with Gasteiger partial charge >= 0.3 is 0 Å². The molecule has 3 heteroatoms. The Morgan fingerprint density at radius 3 is 2.50 bits per heavy atom. The monoisotopic (exact) mass is 288 g/mol. The minimum Gasteiger partial charge on any atom is -0.330 e. The SMILES string of the molecule is CC.CC1CC=C(n2c(=S)[nH]c3ccccc32)C1(C)C. The Morgan fingerprint density at radius 1 is 1.25 bits per heavy atom. The van der Waals surface area contributed by atoms with Crippen LogP contribution in [-0.2, 0) is 0 Å². The predicted molar refractivity (Wildman–Crippen MR) is 90.3 cm³/mol. The summed E-state index contributed by atoms with van der Waals surface area (Å²) in [5.74, 6) is 0.656. The van der Waals surface area contributed by atoms with Crippen molar-refractivity contribution in [3.05, 3.63) is 35.1 Å². The average Bonchev–Trinajstić information content (AvgIpc) is 2.89. The van der Waals surface area contributed by atoms with E-state index in [0.29, 0.717) is 5.92 Å². The van der Waals surface area contributed by atoms with Gasteiger partial charge in [0.25, 0.3) is 0 Å². The van der Waals surface area contributed by atoms with E-state index < -0.39 is 0 Å². The van der Waals surface area contributed by atoms with Gasteiger partial charge in [0.1, 0.15) is 0 Å². The molecule has 0 bridgehead atoms. The average molecular weight is 288 g/mol. The molecule has 3 rings (SSSR count). The highest BCUT2D eigenvalue weighted by Gasteiger charge is 2.36. The van der Waals surface area contributed by atoms with Crippen LogP contribution in [-0.4, -0.2) is 9.55 Å². The van der Waals surface area contributed by atoms with Crippen LogP contribution < -0.4 is 0 Å². The van der Waals surface area contributed by atoms with Crippen LogP contribution in [0, 0.1) is 16.1 Å². The summed E-state index contributed by atoms with van der Waals surface area (Å²) in [7, 11) is 0. The van der Waals surface area contributed by atoms with Gasteiger partial charge in [-0.05, 0) is 36.7 Å². The number of para-hydroxylation sites is 2. The van der Waals surface area contributed by atoms with E-state index in [2.05, 4.69) is 54.6 Å². The van der Waals surface area contributed by atoms with Gasteiger partial charge in [-0.25, -0.2) is 0 Å². The Morgan fingerprint density at radius 2 is 1.90 bits per heavy atom. The number of hydrogen-bond donors (Lipinski definition) is 1. The number of allylic oxidation sites excluding steroid dienone is 2. The quantitative estimate of drug-likeness (QED) is 0.674. The molecule has 0 saturated heterocycles. The summed E-state index contributed by atoms with van der Waals surface area (Å²) in [6.07, 6.45) is 3.46. The van der Waals surface area contributed by atoms with Gasteiger partial charge in [-0.1, -0.05) is 52.8 Å². The Bertz CT molecular complexity index is 688. The van der Waals surface area contributed by atoms with E-state index in [-0.39, 0.29) is 5.41 Å². The molecule has 0 spiro atoms. The topological polar surface area (TPSA) is 20.7 Å². The molecule has 108 valence electrons. The summed E-state index contributed by atoms with van der Waals surface area (Å²) in [6, 6.07) is 8.30. The molecule has 1 aliphatic carbocycles. The molecule has 20 heavy (non-hydrogen) atoms. The van der Waals surface area contributed by atoms with Crippen LogP contribution in [0.3, 0.4) is 0 Å². The molecule has 1 atom stereocenters. The number of aromatic amines is 1. The smallest absolute Gasteiger partial charge is 0.182 e. The molecule has 1 aromatic heterocycles. The summed E-state index contributed by atoms with van der Waals surface area (Å²) >= 11 is 5.50. The number of hydrogen-bond acceptors (Lipinski definition) is 1. The first-order valence-electron chi connectivity index (χ1n) is 7.42. The van der Waals surface area contributed by atoms with Gasteiger partial charge in [0, 0.05) is 11.1 Å². The van der Waals surface area contributed by atoms with Gasteiger partial charge in [-0.15, -0.1) is 0 Å². The molecular weight excluding hydrogens is 264 g/mol. The van der Waals surface area contributed by atoms with Crippen molar-refractivity contribution in [3.8, 4) is 0 Å². The fourth-order valence-corrected chi connectivity index (χ4v) is 3.08. The third-order valence-electron chi connectivity index (χ3n) is 4.39. The first-order chi connectivity index (χ1) is 9.51. The van der Waals surface area contributed by atoms with Crippen molar-refractivity contribution in [1.82, 2.24) is 9.55 Å². The minimum atomic E-state index is 0.170. The highest BCUT2D eigenvalue weighted by Crippen LogP contribution is 2.46. The van der Waals surface area contributed by atoms with Gasteiger partial charge in [-0.3, -0.25) is 4.57 Å². The number of aromatic nitrogens is 2.